The topological polar surface area (TPSA) is 60.4 Å². The van der Waals surface area contributed by atoms with Crippen molar-refractivity contribution in [1.29, 1.82) is 0 Å². The Morgan fingerprint density at radius 1 is 1.08 bits per heavy atom. The molecule has 0 N–H and O–H groups in total. The molecule has 0 aliphatic carbocycles. The van der Waals surface area contributed by atoms with E-state index in [1.165, 1.54) is 5.01 Å². The number of rotatable bonds is 6. The Hall–Kier alpha value is -2.54. The minimum absolute atomic E-state index is 0.236. The third-order valence-corrected chi connectivity index (χ3v) is 4.83. The smallest absolute Gasteiger partial charge is 0.230 e. The van der Waals surface area contributed by atoms with Crippen LogP contribution in [0.25, 0.3) is 0 Å². The number of carbonyl (C=O) groups excluding carboxylic acids is 1. The average Bonchev–Trinajstić information content (AvgIpc) is 3.11. The molecule has 1 aliphatic rings. The third kappa shape index (κ3) is 3.39. The first-order valence-electron chi connectivity index (χ1n) is 7.98. The zero-order chi connectivity index (χ0) is 18.7. The average molecular weight is 419 g/mol. The van der Waals surface area contributed by atoms with Gasteiger partial charge >= 0.3 is 0 Å². The zero-order valence-electron chi connectivity index (χ0n) is 14.7. The summed E-state index contributed by atoms with van der Waals surface area (Å²) in [7, 11) is 4.69. The van der Waals surface area contributed by atoms with Gasteiger partial charge in [-0.25, -0.2) is 5.01 Å². The molecule has 2 aromatic rings. The van der Waals surface area contributed by atoms with Crippen LogP contribution in [0.5, 0.6) is 17.2 Å². The number of ether oxygens (including phenoxy) is 3. The number of halogens is 1. The monoisotopic (exact) mass is 418 g/mol. The number of hydrazone groups is 1. The van der Waals surface area contributed by atoms with Crippen LogP contribution >= 0.6 is 15.9 Å². The molecule has 2 aromatic carbocycles. The summed E-state index contributed by atoms with van der Waals surface area (Å²) in [5.74, 6) is 1.61. The molecule has 3 rings (SSSR count). The van der Waals surface area contributed by atoms with E-state index in [4.69, 9.17) is 14.2 Å². The highest BCUT2D eigenvalue weighted by Gasteiger charge is 2.30. The Balaban J connectivity index is 1.97. The highest BCUT2D eigenvalue weighted by atomic mass is 79.9. The summed E-state index contributed by atoms with van der Waals surface area (Å²) < 4.78 is 17.2. The van der Waals surface area contributed by atoms with E-state index in [1.54, 1.807) is 21.3 Å². The summed E-state index contributed by atoms with van der Waals surface area (Å²) >= 11 is 3.43. The molecule has 0 aromatic heterocycles. The van der Waals surface area contributed by atoms with Crippen LogP contribution in [0.2, 0.25) is 0 Å². The first-order chi connectivity index (χ1) is 12.6. The second-order valence-electron chi connectivity index (χ2n) is 5.72. The number of hydrogen-bond donors (Lipinski definition) is 0. The number of amides is 1. The number of hydrogen-bond acceptors (Lipinski definition) is 5. The van der Waals surface area contributed by atoms with Crippen molar-refractivity contribution in [3.8, 4) is 17.2 Å². The number of carbonyl (C=O) groups is 1. The van der Waals surface area contributed by atoms with Crippen molar-refractivity contribution in [2.45, 2.75) is 12.5 Å². The van der Waals surface area contributed by atoms with Crippen LogP contribution in [0.4, 0.5) is 0 Å². The molecule has 1 amide bonds. The number of benzene rings is 2. The molecule has 0 saturated heterocycles. The van der Waals surface area contributed by atoms with Gasteiger partial charge in [-0.15, -0.1) is 0 Å². The van der Waals surface area contributed by atoms with Crippen molar-refractivity contribution in [3.63, 3.8) is 0 Å². The van der Waals surface area contributed by atoms with Gasteiger partial charge < -0.3 is 14.2 Å². The summed E-state index contributed by atoms with van der Waals surface area (Å²) in [6.07, 6.45) is 1.33. The summed E-state index contributed by atoms with van der Waals surface area (Å²) in [4.78, 5) is 11.6. The predicted molar refractivity (Wildman–Crippen MR) is 102 cm³/mol. The van der Waals surface area contributed by atoms with Gasteiger partial charge in [-0.2, -0.15) is 5.10 Å². The van der Waals surface area contributed by atoms with E-state index in [-0.39, 0.29) is 6.04 Å². The molecule has 1 unspecified atom stereocenters. The van der Waals surface area contributed by atoms with Gasteiger partial charge in [0.15, 0.2) is 11.5 Å². The normalized spacial score (nSPS) is 16.2. The van der Waals surface area contributed by atoms with E-state index in [9.17, 15) is 4.79 Å². The fourth-order valence-electron chi connectivity index (χ4n) is 3.01. The Morgan fingerprint density at radius 2 is 1.69 bits per heavy atom. The van der Waals surface area contributed by atoms with Crippen molar-refractivity contribution in [2.24, 2.45) is 5.10 Å². The minimum atomic E-state index is -0.236. The molecule has 136 valence electrons. The maximum Gasteiger partial charge on any atom is 0.230 e. The van der Waals surface area contributed by atoms with E-state index in [0.717, 1.165) is 27.7 Å². The molecule has 26 heavy (non-hydrogen) atoms. The Kier molecular flexibility index (Phi) is 5.46. The van der Waals surface area contributed by atoms with E-state index in [0.29, 0.717) is 23.7 Å². The molecule has 6 nitrogen and oxygen atoms in total. The third-order valence-electron chi connectivity index (χ3n) is 4.30. The number of nitrogens with zero attached hydrogens (tertiary/aromatic N) is 2. The fourth-order valence-corrected chi connectivity index (χ4v) is 3.27. The van der Waals surface area contributed by atoms with Gasteiger partial charge in [0.25, 0.3) is 0 Å². The maximum atomic E-state index is 11.6. The van der Waals surface area contributed by atoms with Crippen LogP contribution in [-0.2, 0) is 4.79 Å². The first kappa shape index (κ1) is 18.3. The molecule has 0 spiro atoms. The standard InChI is InChI=1S/C19H19BrN2O4/c1-24-17-8-13(9-18(25-2)19(17)26-3)16-10-15(21-22(16)11-23)12-4-6-14(20)7-5-12/h4-9,11,16H,10H2,1-3H3. The van der Waals surface area contributed by atoms with E-state index < -0.39 is 0 Å². The summed E-state index contributed by atoms with van der Waals surface area (Å²) in [6.45, 7) is 0. The zero-order valence-corrected chi connectivity index (χ0v) is 16.3. The van der Waals surface area contributed by atoms with E-state index in [2.05, 4.69) is 21.0 Å². The van der Waals surface area contributed by atoms with Crippen LogP contribution in [0.15, 0.2) is 46.0 Å². The molecule has 1 heterocycles. The molecule has 0 saturated carbocycles. The second-order valence-corrected chi connectivity index (χ2v) is 6.63. The Labute approximate surface area is 160 Å². The molecular formula is C19H19BrN2O4. The molecule has 1 aliphatic heterocycles. The highest BCUT2D eigenvalue weighted by Crippen LogP contribution is 2.42. The lowest BCUT2D eigenvalue weighted by atomic mass is 9.98. The van der Waals surface area contributed by atoms with Crippen LogP contribution in [0, 0.1) is 0 Å². The SMILES string of the molecule is COc1cc(C2CC(c3ccc(Br)cc3)=NN2C=O)cc(OC)c1OC. The van der Waals surface area contributed by atoms with Gasteiger partial charge in [0.1, 0.15) is 0 Å². The van der Waals surface area contributed by atoms with Crippen LogP contribution in [-0.4, -0.2) is 38.5 Å². The van der Waals surface area contributed by atoms with Crippen LogP contribution in [0.1, 0.15) is 23.6 Å². The molecule has 0 bridgehead atoms. The van der Waals surface area contributed by atoms with Gasteiger partial charge in [0.2, 0.25) is 12.2 Å². The van der Waals surface area contributed by atoms with Gasteiger partial charge in [0.05, 0.1) is 33.1 Å². The maximum absolute atomic E-state index is 11.6. The molecular weight excluding hydrogens is 400 g/mol. The second kappa shape index (κ2) is 7.78. The van der Waals surface area contributed by atoms with Gasteiger partial charge in [-0.3, -0.25) is 4.79 Å². The molecule has 0 fully saturated rings. The van der Waals surface area contributed by atoms with Crippen LogP contribution in [0.3, 0.4) is 0 Å². The Bertz CT molecular complexity index is 811. The van der Waals surface area contributed by atoms with Crippen molar-refractivity contribution in [2.75, 3.05) is 21.3 Å². The summed E-state index contributed by atoms with van der Waals surface area (Å²) in [5, 5.41) is 5.90. The first-order valence-corrected chi connectivity index (χ1v) is 8.77. The lowest BCUT2D eigenvalue weighted by molar-refractivity contribution is -0.119. The van der Waals surface area contributed by atoms with E-state index >= 15 is 0 Å². The predicted octanol–water partition coefficient (Wildman–Crippen LogP) is 3.78. The van der Waals surface area contributed by atoms with Gasteiger partial charge in [-0.05, 0) is 35.4 Å². The molecule has 1 atom stereocenters. The van der Waals surface area contributed by atoms with Crippen molar-refractivity contribution in [3.05, 3.63) is 52.0 Å². The molecule has 7 heteroatoms. The van der Waals surface area contributed by atoms with Gasteiger partial charge in [-0.1, -0.05) is 28.1 Å². The number of methoxy groups -OCH3 is 3. The minimum Gasteiger partial charge on any atom is -0.493 e. The largest absolute Gasteiger partial charge is 0.493 e. The summed E-state index contributed by atoms with van der Waals surface area (Å²) in [5.41, 5.74) is 2.70. The van der Waals surface area contributed by atoms with E-state index in [1.807, 2.05) is 36.4 Å². The fraction of sp³-hybridized carbons (Fsp3) is 0.263. The van der Waals surface area contributed by atoms with Crippen LogP contribution < -0.4 is 14.2 Å². The van der Waals surface area contributed by atoms with Gasteiger partial charge in [0, 0.05) is 10.9 Å². The molecule has 0 radical (unpaired) electrons. The lowest BCUT2D eigenvalue weighted by Crippen LogP contribution is -2.17. The summed E-state index contributed by atoms with van der Waals surface area (Å²) in [6, 6.07) is 11.3. The van der Waals surface area contributed by atoms with Crippen molar-refractivity contribution >= 4 is 28.1 Å². The highest BCUT2D eigenvalue weighted by molar-refractivity contribution is 9.10. The lowest BCUT2D eigenvalue weighted by Gasteiger charge is -2.20. The quantitative estimate of drug-likeness (QED) is 0.669. The van der Waals surface area contributed by atoms with Crippen molar-refractivity contribution < 1.29 is 19.0 Å². The Morgan fingerprint density at radius 3 is 2.19 bits per heavy atom. The van der Waals surface area contributed by atoms with Crippen molar-refractivity contribution in [1.82, 2.24) is 5.01 Å².